The summed E-state index contributed by atoms with van der Waals surface area (Å²) in [6, 6.07) is 6.24. The molecule has 0 radical (unpaired) electrons. The molecule has 0 fully saturated rings. The van der Waals surface area contributed by atoms with Crippen LogP contribution in [0.15, 0.2) is 42.7 Å². The van der Waals surface area contributed by atoms with Crippen molar-refractivity contribution in [2.24, 2.45) is 0 Å². The molecular formula is C21H34ClNO2. The van der Waals surface area contributed by atoms with Crippen LogP contribution in [0.4, 0.5) is 0 Å². The molecule has 0 atom stereocenters. The highest BCUT2D eigenvalue weighted by atomic mass is 35.5. The highest BCUT2D eigenvalue weighted by Crippen LogP contribution is 2.10. The highest BCUT2D eigenvalue weighted by molar-refractivity contribution is 5.81. The third-order valence-corrected chi connectivity index (χ3v) is 4.14. The van der Waals surface area contributed by atoms with E-state index in [4.69, 9.17) is 4.74 Å². The van der Waals surface area contributed by atoms with Crippen LogP contribution in [0.5, 0.6) is 0 Å². The highest BCUT2D eigenvalue weighted by Gasteiger charge is 1.98. The van der Waals surface area contributed by atoms with Crippen LogP contribution in [-0.4, -0.2) is 12.6 Å². The van der Waals surface area contributed by atoms with Crippen molar-refractivity contribution in [1.82, 2.24) is 0 Å². The van der Waals surface area contributed by atoms with Crippen molar-refractivity contribution in [3.8, 4) is 0 Å². The molecule has 3 nitrogen and oxygen atoms in total. The van der Waals surface area contributed by atoms with Crippen LogP contribution in [-0.2, 0) is 16.1 Å². The van der Waals surface area contributed by atoms with Crippen molar-refractivity contribution >= 4 is 5.97 Å². The van der Waals surface area contributed by atoms with Gasteiger partial charge in [-0.2, -0.15) is 0 Å². The van der Waals surface area contributed by atoms with Crippen LogP contribution < -0.4 is 17.0 Å². The van der Waals surface area contributed by atoms with Gasteiger partial charge in [-0.25, -0.2) is 9.36 Å². The second kappa shape index (κ2) is 17.5. The average Bonchev–Trinajstić information content (AvgIpc) is 2.60. The molecule has 0 amide bonds. The first-order valence-electron chi connectivity index (χ1n) is 9.56. The van der Waals surface area contributed by atoms with Crippen molar-refractivity contribution in [3.05, 3.63) is 42.7 Å². The van der Waals surface area contributed by atoms with E-state index in [1.54, 1.807) is 6.08 Å². The summed E-state index contributed by atoms with van der Waals surface area (Å²) in [5.74, 6) is -0.219. The van der Waals surface area contributed by atoms with Gasteiger partial charge >= 0.3 is 5.97 Å². The van der Waals surface area contributed by atoms with Gasteiger partial charge in [-0.1, -0.05) is 57.1 Å². The van der Waals surface area contributed by atoms with Gasteiger partial charge in [0.15, 0.2) is 12.4 Å². The molecule has 142 valence electrons. The molecule has 0 unspecified atom stereocenters. The number of halogens is 1. The molecule has 0 aromatic carbocycles. The first-order valence-corrected chi connectivity index (χ1v) is 9.56. The Bertz CT molecular complexity index is 448. The first kappa shape index (κ1) is 23.6. The third kappa shape index (κ3) is 14.7. The molecule has 0 aliphatic carbocycles. The monoisotopic (exact) mass is 367 g/mol. The Hall–Kier alpha value is -1.35. The minimum Gasteiger partial charge on any atom is -1.00 e. The molecule has 4 heteroatoms. The van der Waals surface area contributed by atoms with Gasteiger partial charge in [0.05, 0.1) is 6.61 Å². The van der Waals surface area contributed by atoms with E-state index in [-0.39, 0.29) is 18.4 Å². The Morgan fingerprint density at radius 1 is 0.840 bits per heavy atom. The maximum atomic E-state index is 11.1. The second-order valence-corrected chi connectivity index (χ2v) is 6.32. The van der Waals surface area contributed by atoms with Gasteiger partial charge in [-0.15, -0.1) is 0 Å². The maximum Gasteiger partial charge on any atom is 0.330 e. The Balaban J connectivity index is 0.00000576. The lowest BCUT2D eigenvalue weighted by atomic mass is 10.1. The predicted molar refractivity (Wildman–Crippen MR) is 98.6 cm³/mol. The molecule has 1 aromatic rings. The molecule has 1 heterocycles. The number of pyridine rings is 1. The number of rotatable bonds is 14. The zero-order valence-corrected chi connectivity index (χ0v) is 16.4. The Morgan fingerprint density at radius 2 is 1.36 bits per heavy atom. The van der Waals surface area contributed by atoms with Gasteiger partial charge < -0.3 is 17.1 Å². The lowest BCUT2D eigenvalue weighted by molar-refractivity contribution is -0.697. The molecular weight excluding hydrogens is 334 g/mol. The molecule has 0 saturated carbocycles. The zero-order chi connectivity index (χ0) is 17.3. The maximum absolute atomic E-state index is 11.1. The number of ether oxygens (including phenoxy) is 1. The normalized spacial score (nSPS) is 10.6. The standard InChI is InChI=1S/C21H34NO2.ClH/c1-2-16-21(23)24-20-15-10-8-6-4-3-5-7-9-12-17-22-18-13-11-14-19-22;/h2,11,13-14,16,18-19H,3-10,12,15,17,20H2,1H3;1H/q+1;/p-1. The second-order valence-electron chi connectivity index (χ2n) is 6.32. The van der Waals surface area contributed by atoms with Crippen LogP contribution >= 0.6 is 0 Å². The SMILES string of the molecule is CC=CC(=O)OCCCCCCCCCCCC[n+]1ccccc1.[Cl-]. The van der Waals surface area contributed by atoms with Crippen molar-refractivity contribution in [1.29, 1.82) is 0 Å². The number of nitrogens with zero attached hydrogens (tertiary/aromatic N) is 1. The molecule has 0 N–H and O–H groups in total. The van der Waals surface area contributed by atoms with Gasteiger partial charge in [0.25, 0.3) is 0 Å². The number of unbranched alkanes of at least 4 members (excludes halogenated alkanes) is 9. The number of carbonyl (C=O) groups excluding carboxylic acids is 1. The van der Waals surface area contributed by atoms with Crippen LogP contribution in [0.1, 0.15) is 71.1 Å². The Labute approximate surface area is 159 Å². The summed E-state index contributed by atoms with van der Waals surface area (Å²) in [6.45, 7) is 3.52. The van der Waals surface area contributed by atoms with Crippen LogP contribution in [0.3, 0.4) is 0 Å². The van der Waals surface area contributed by atoms with E-state index < -0.39 is 0 Å². The van der Waals surface area contributed by atoms with Gasteiger partial charge in [0, 0.05) is 24.6 Å². The summed E-state index contributed by atoms with van der Waals surface area (Å²) in [5, 5.41) is 0. The zero-order valence-electron chi connectivity index (χ0n) is 15.7. The summed E-state index contributed by atoms with van der Waals surface area (Å²) in [6.07, 6.45) is 20.2. The summed E-state index contributed by atoms with van der Waals surface area (Å²) < 4.78 is 7.33. The predicted octanol–water partition coefficient (Wildman–Crippen LogP) is 2.00. The molecule has 0 bridgehead atoms. The van der Waals surface area contributed by atoms with Gasteiger partial charge in [-0.05, 0) is 19.8 Å². The largest absolute Gasteiger partial charge is 1.00 e. The van der Waals surface area contributed by atoms with E-state index >= 15 is 0 Å². The number of allylic oxidation sites excluding steroid dienone is 1. The summed E-state index contributed by atoms with van der Waals surface area (Å²) in [5.41, 5.74) is 0. The van der Waals surface area contributed by atoms with E-state index in [9.17, 15) is 4.79 Å². The summed E-state index contributed by atoms with van der Waals surface area (Å²) >= 11 is 0. The van der Waals surface area contributed by atoms with Crippen LogP contribution in [0.2, 0.25) is 0 Å². The molecule has 0 spiro atoms. The molecule has 25 heavy (non-hydrogen) atoms. The average molecular weight is 368 g/mol. The Morgan fingerprint density at radius 3 is 1.92 bits per heavy atom. The van der Waals surface area contributed by atoms with E-state index in [0.29, 0.717) is 6.61 Å². The lowest BCUT2D eigenvalue weighted by Crippen LogP contribution is -3.00. The minimum absolute atomic E-state index is 0. The number of hydrogen-bond donors (Lipinski definition) is 0. The fourth-order valence-corrected chi connectivity index (χ4v) is 2.75. The van der Waals surface area contributed by atoms with Crippen molar-refractivity contribution < 1.29 is 26.5 Å². The van der Waals surface area contributed by atoms with Crippen LogP contribution in [0.25, 0.3) is 0 Å². The topological polar surface area (TPSA) is 30.2 Å². The molecule has 0 aliphatic rings. The van der Waals surface area contributed by atoms with E-state index in [1.165, 1.54) is 57.4 Å². The summed E-state index contributed by atoms with van der Waals surface area (Å²) in [4.78, 5) is 11.1. The van der Waals surface area contributed by atoms with Crippen molar-refractivity contribution in [2.45, 2.75) is 77.7 Å². The van der Waals surface area contributed by atoms with E-state index in [2.05, 4.69) is 35.2 Å². The molecule has 1 rings (SSSR count). The van der Waals surface area contributed by atoms with Gasteiger partial charge in [-0.3, -0.25) is 0 Å². The number of esters is 1. The quantitative estimate of drug-likeness (QED) is 0.218. The minimum atomic E-state index is -0.219. The number of aryl methyl sites for hydroxylation is 1. The van der Waals surface area contributed by atoms with E-state index in [1.807, 2.05) is 6.92 Å². The fraction of sp³-hybridized carbons (Fsp3) is 0.619. The molecule has 1 aromatic heterocycles. The molecule has 0 aliphatic heterocycles. The van der Waals surface area contributed by atoms with Crippen LogP contribution in [0, 0.1) is 0 Å². The van der Waals surface area contributed by atoms with E-state index in [0.717, 1.165) is 19.4 Å². The number of carbonyl (C=O) groups is 1. The van der Waals surface area contributed by atoms with Crippen molar-refractivity contribution in [2.75, 3.05) is 6.61 Å². The Kier molecular flexibility index (Phi) is 16.5. The van der Waals surface area contributed by atoms with Gasteiger partial charge in [0.1, 0.15) is 6.54 Å². The first-order chi connectivity index (χ1) is 11.8. The third-order valence-electron chi connectivity index (χ3n) is 4.14. The number of hydrogen-bond acceptors (Lipinski definition) is 2. The summed E-state index contributed by atoms with van der Waals surface area (Å²) in [7, 11) is 0. The smallest absolute Gasteiger partial charge is 0.330 e. The number of aromatic nitrogens is 1. The fourth-order valence-electron chi connectivity index (χ4n) is 2.75. The molecule has 0 saturated heterocycles. The lowest BCUT2D eigenvalue weighted by Gasteiger charge is -2.03. The van der Waals surface area contributed by atoms with Gasteiger partial charge in [0.2, 0.25) is 0 Å². The van der Waals surface area contributed by atoms with Crippen molar-refractivity contribution in [3.63, 3.8) is 0 Å².